The standard InChI is InChI=1S/C46H88O6/c1-5-7-9-11-13-15-17-19-21-25-29-33-37-44(47)50-40-43(41-51-45(48)38-34-30-27-23-24-28-32-36-42(3)4)52-46(49)39-35-31-26-22-20-18-16-14-12-10-8-6-2/h42-43H,5-41H2,1-4H3/t43-/m1/s1. The highest BCUT2D eigenvalue weighted by Gasteiger charge is 2.19. The Morgan fingerprint density at radius 3 is 0.942 bits per heavy atom. The van der Waals surface area contributed by atoms with Crippen molar-refractivity contribution in [2.75, 3.05) is 13.2 Å². The Kier molecular flexibility index (Phi) is 39.4. The molecular weight excluding hydrogens is 648 g/mol. The highest BCUT2D eigenvalue weighted by Crippen LogP contribution is 2.16. The van der Waals surface area contributed by atoms with Crippen molar-refractivity contribution in [2.45, 2.75) is 259 Å². The van der Waals surface area contributed by atoms with Crippen LogP contribution in [0.3, 0.4) is 0 Å². The van der Waals surface area contributed by atoms with Gasteiger partial charge in [0.2, 0.25) is 0 Å². The maximum atomic E-state index is 12.7. The van der Waals surface area contributed by atoms with Gasteiger partial charge in [-0.25, -0.2) is 0 Å². The summed E-state index contributed by atoms with van der Waals surface area (Å²) in [6.07, 6.45) is 39.4. The summed E-state index contributed by atoms with van der Waals surface area (Å²) >= 11 is 0. The molecule has 0 N–H and O–H groups in total. The van der Waals surface area contributed by atoms with E-state index in [-0.39, 0.29) is 31.1 Å². The first kappa shape index (κ1) is 50.4. The molecule has 0 saturated heterocycles. The second kappa shape index (κ2) is 40.6. The van der Waals surface area contributed by atoms with Gasteiger partial charge in [0, 0.05) is 19.3 Å². The van der Waals surface area contributed by atoms with E-state index in [1.165, 1.54) is 148 Å². The zero-order valence-corrected chi connectivity index (χ0v) is 35.3. The van der Waals surface area contributed by atoms with Gasteiger partial charge in [0.15, 0.2) is 6.10 Å². The molecule has 0 aromatic rings. The predicted molar refractivity (Wildman–Crippen MR) is 220 cm³/mol. The molecule has 0 amide bonds. The second-order valence-electron chi connectivity index (χ2n) is 16.2. The Morgan fingerprint density at radius 2 is 0.635 bits per heavy atom. The fraction of sp³-hybridized carbons (Fsp3) is 0.935. The van der Waals surface area contributed by atoms with E-state index in [1.54, 1.807) is 0 Å². The summed E-state index contributed by atoms with van der Waals surface area (Å²) in [6, 6.07) is 0. The minimum atomic E-state index is -0.759. The van der Waals surface area contributed by atoms with Gasteiger partial charge in [0.05, 0.1) is 0 Å². The van der Waals surface area contributed by atoms with Crippen LogP contribution in [-0.4, -0.2) is 37.2 Å². The fourth-order valence-electron chi connectivity index (χ4n) is 6.80. The van der Waals surface area contributed by atoms with Crippen molar-refractivity contribution in [1.82, 2.24) is 0 Å². The Hall–Kier alpha value is -1.59. The van der Waals surface area contributed by atoms with Crippen LogP contribution < -0.4 is 0 Å². The number of esters is 3. The number of hydrogen-bond acceptors (Lipinski definition) is 6. The third-order valence-corrected chi connectivity index (χ3v) is 10.3. The van der Waals surface area contributed by atoms with Crippen LogP contribution in [0.1, 0.15) is 252 Å². The number of carbonyl (C=O) groups is 3. The van der Waals surface area contributed by atoms with Gasteiger partial charge in [-0.2, -0.15) is 0 Å². The average Bonchev–Trinajstić information content (AvgIpc) is 3.12. The highest BCUT2D eigenvalue weighted by molar-refractivity contribution is 5.71. The van der Waals surface area contributed by atoms with Crippen LogP contribution in [0, 0.1) is 5.92 Å². The maximum Gasteiger partial charge on any atom is 0.306 e. The van der Waals surface area contributed by atoms with E-state index in [1.807, 2.05) is 0 Å². The molecule has 6 nitrogen and oxygen atoms in total. The number of carbonyl (C=O) groups excluding carboxylic acids is 3. The van der Waals surface area contributed by atoms with Gasteiger partial charge in [-0.3, -0.25) is 14.4 Å². The van der Waals surface area contributed by atoms with E-state index < -0.39 is 6.10 Å². The summed E-state index contributed by atoms with van der Waals surface area (Å²) < 4.78 is 16.7. The molecule has 0 radical (unpaired) electrons. The summed E-state index contributed by atoms with van der Waals surface area (Å²) in [5.74, 6) is -0.0747. The zero-order chi connectivity index (χ0) is 38.2. The summed E-state index contributed by atoms with van der Waals surface area (Å²) in [7, 11) is 0. The lowest BCUT2D eigenvalue weighted by Crippen LogP contribution is -2.30. The summed E-state index contributed by atoms with van der Waals surface area (Å²) in [4.78, 5) is 37.7. The van der Waals surface area contributed by atoms with Crippen LogP contribution in [0.5, 0.6) is 0 Å². The molecule has 0 rings (SSSR count). The first-order valence-corrected chi connectivity index (χ1v) is 22.9. The fourth-order valence-corrected chi connectivity index (χ4v) is 6.80. The molecule has 0 aromatic heterocycles. The third kappa shape index (κ3) is 39.6. The molecule has 0 aliphatic heterocycles. The minimum Gasteiger partial charge on any atom is -0.462 e. The molecule has 1 atom stereocenters. The Balaban J connectivity index is 4.33. The molecule has 0 bridgehead atoms. The number of ether oxygens (including phenoxy) is 3. The van der Waals surface area contributed by atoms with Crippen LogP contribution in [-0.2, 0) is 28.6 Å². The maximum absolute atomic E-state index is 12.7. The lowest BCUT2D eigenvalue weighted by Gasteiger charge is -2.18. The predicted octanol–water partition coefficient (Wildman–Crippen LogP) is 14.3. The first-order chi connectivity index (χ1) is 25.4. The van der Waals surface area contributed by atoms with Gasteiger partial charge in [-0.05, 0) is 25.2 Å². The molecule has 308 valence electrons. The Morgan fingerprint density at radius 1 is 0.365 bits per heavy atom. The van der Waals surface area contributed by atoms with Crippen molar-refractivity contribution in [2.24, 2.45) is 5.92 Å². The molecular formula is C46H88O6. The Labute approximate surface area is 323 Å². The van der Waals surface area contributed by atoms with Gasteiger partial charge in [-0.15, -0.1) is 0 Å². The molecule has 0 unspecified atom stereocenters. The van der Waals surface area contributed by atoms with Crippen molar-refractivity contribution >= 4 is 17.9 Å². The van der Waals surface area contributed by atoms with Crippen LogP contribution in [0.2, 0.25) is 0 Å². The van der Waals surface area contributed by atoms with Gasteiger partial charge in [0.25, 0.3) is 0 Å². The minimum absolute atomic E-state index is 0.0641. The van der Waals surface area contributed by atoms with E-state index in [2.05, 4.69) is 27.7 Å². The van der Waals surface area contributed by atoms with Gasteiger partial charge in [-0.1, -0.05) is 214 Å². The molecule has 0 aliphatic rings. The summed E-state index contributed by atoms with van der Waals surface area (Å²) in [5, 5.41) is 0. The monoisotopic (exact) mass is 737 g/mol. The van der Waals surface area contributed by atoms with E-state index in [0.717, 1.165) is 63.7 Å². The second-order valence-corrected chi connectivity index (χ2v) is 16.2. The molecule has 52 heavy (non-hydrogen) atoms. The smallest absolute Gasteiger partial charge is 0.306 e. The largest absolute Gasteiger partial charge is 0.462 e. The van der Waals surface area contributed by atoms with Crippen molar-refractivity contribution < 1.29 is 28.6 Å². The van der Waals surface area contributed by atoms with Gasteiger partial charge < -0.3 is 14.2 Å². The molecule has 0 aromatic carbocycles. The number of rotatable bonds is 41. The van der Waals surface area contributed by atoms with Crippen LogP contribution >= 0.6 is 0 Å². The van der Waals surface area contributed by atoms with Crippen molar-refractivity contribution in [3.05, 3.63) is 0 Å². The zero-order valence-electron chi connectivity index (χ0n) is 35.3. The van der Waals surface area contributed by atoms with Crippen LogP contribution in [0.4, 0.5) is 0 Å². The SMILES string of the molecule is CCCCCCCCCCCCCCC(=O)OC[C@H](COC(=O)CCCCCCCCCC(C)C)OC(=O)CCCCCCCCCCCCCC. The molecule has 0 heterocycles. The third-order valence-electron chi connectivity index (χ3n) is 10.3. The van der Waals surface area contributed by atoms with E-state index in [9.17, 15) is 14.4 Å². The van der Waals surface area contributed by atoms with Gasteiger partial charge >= 0.3 is 17.9 Å². The van der Waals surface area contributed by atoms with Gasteiger partial charge in [0.1, 0.15) is 13.2 Å². The van der Waals surface area contributed by atoms with Crippen molar-refractivity contribution in [3.8, 4) is 0 Å². The number of hydrogen-bond donors (Lipinski definition) is 0. The van der Waals surface area contributed by atoms with Crippen molar-refractivity contribution in [1.29, 1.82) is 0 Å². The normalized spacial score (nSPS) is 11.9. The molecule has 0 saturated carbocycles. The lowest BCUT2D eigenvalue weighted by atomic mass is 10.0. The van der Waals surface area contributed by atoms with Crippen LogP contribution in [0.15, 0.2) is 0 Å². The molecule has 6 heteroatoms. The topological polar surface area (TPSA) is 78.9 Å². The molecule has 0 fully saturated rings. The first-order valence-electron chi connectivity index (χ1n) is 22.9. The lowest BCUT2D eigenvalue weighted by molar-refractivity contribution is -0.167. The van der Waals surface area contributed by atoms with E-state index >= 15 is 0 Å². The average molecular weight is 737 g/mol. The molecule has 0 aliphatic carbocycles. The molecule has 0 spiro atoms. The van der Waals surface area contributed by atoms with E-state index in [0.29, 0.717) is 19.3 Å². The summed E-state index contributed by atoms with van der Waals surface area (Å²) in [6.45, 7) is 8.94. The quantitative estimate of drug-likeness (QED) is 0.0353. The van der Waals surface area contributed by atoms with Crippen molar-refractivity contribution in [3.63, 3.8) is 0 Å². The Bertz CT molecular complexity index is 781. The van der Waals surface area contributed by atoms with E-state index in [4.69, 9.17) is 14.2 Å². The number of unbranched alkanes of at least 4 members (excludes halogenated alkanes) is 28. The highest BCUT2D eigenvalue weighted by atomic mass is 16.6. The van der Waals surface area contributed by atoms with Crippen LogP contribution in [0.25, 0.3) is 0 Å². The summed E-state index contributed by atoms with van der Waals surface area (Å²) in [5.41, 5.74) is 0.